The minimum atomic E-state index is -0.780. The number of hydrogen-bond donors (Lipinski definition) is 2. The summed E-state index contributed by atoms with van der Waals surface area (Å²) in [6, 6.07) is -0.606. The summed E-state index contributed by atoms with van der Waals surface area (Å²) in [6.07, 6.45) is 2.50. The van der Waals surface area contributed by atoms with Gasteiger partial charge in [0.2, 0.25) is 0 Å². The van der Waals surface area contributed by atoms with Crippen LogP contribution in [0, 0.1) is 4.91 Å². The third-order valence-corrected chi connectivity index (χ3v) is 4.82. The van der Waals surface area contributed by atoms with Gasteiger partial charge >= 0.3 is 12.0 Å². The summed E-state index contributed by atoms with van der Waals surface area (Å²) in [5.74, 6) is -0.0731. The Morgan fingerprint density at radius 2 is 2.33 bits per heavy atom. The van der Waals surface area contributed by atoms with Gasteiger partial charge < -0.3 is 10.4 Å². The molecule has 0 bridgehead atoms. The predicted octanol–water partition coefficient (Wildman–Crippen LogP) is 1.19. The quantitative estimate of drug-likeness (QED) is 0.430. The third-order valence-electron chi connectivity index (χ3n) is 3.33. The van der Waals surface area contributed by atoms with Crippen LogP contribution in [0.2, 0.25) is 0 Å². The first kappa shape index (κ1) is 13.1. The van der Waals surface area contributed by atoms with Crippen LogP contribution in [0.3, 0.4) is 0 Å². The number of nitroso groups, excluding NO2 is 1. The molecule has 2 aliphatic rings. The van der Waals surface area contributed by atoms with E-state index in [0.717, 1.165) is 17.9 Å². The topological polar surface area (TPSA) is 99.1 Å². The second kappa shape index (κ2) is 5.55. The van der Waals surface area contributed by atoms with E-state index in [1.807, 2.05) is 0 Å². The molecule has 2 fully saturated rings. The number of unbranched alkanes of at least 4 members (excludes halogenated alkanes) is 1. The molecule has 100 valence electrons. The molecule has 2 rings (SSSR count). The summed E-state index contributed by atoms with van der Waals surface area (Å²) in [5.41, 5.74) is 0. The fraction of sp³-hybridized carbons (Fsp3) is 0.800. The predicted molar refractivity (Wildman–Crippen MR) is 66.1 cm³/mol. The van der Waals surface area contributed by atoms with Crippen LogP contribution in [-0.2, 0) is 4.79 Å². The SMILES string of the molecule is O=NN1C(=O)N[C@@H]2[C@H]1CS[C@@H]2CCCCC(=O)O. The standard InChI is InChI=1S/C10H15N3O4S/c14-8(15)4-2-1-3-7-9-6(5-18-7)13(12-17)10(16)11-9/h6-7,9H,1-5H2,(H,11,16)(H,14,15)/t6-,7-,9-/m1/s1. The lowest BCUT2D eigenvalue weighted by atomic mass is 10.0. The van der Waals surface area contributed by atoms with Crippen molar-refractivity contribution in [3.05, 3.63) is 4.91 Å². The molecule has 0 saturated carbocycles. The Hall–Kier alpha value is -1.31. The smallest absolute Gasteiger partial charge is 0.341 e. The van der Waals surface area contributed by atoms with Gasteiger partial charge in [0.05, 0.1) is 17.4 Å². The number of aliphatic carboxylic acids is 1. The maximum atomic E-state index is 11.4. The van der Waals surface area contributed by atoms with Gasteiger partial charge in [-0.25, -0.2) is 4.79 Å². The van der Waals surface area contributed by atoms with E-state index in [2.05, 4.69) is 10.6 Å². The highest BCUT2D eigenvalue weighted by Gasteiger charge is 2.48. The van der Waals surface area contributed by atoms with E-state index < -0.39 is 12.0 Å². The number of carbonyl (C=O) groups is 2. The molecule has 0 aromatic carbocycles. The Bertz CT molecular complexity index is 365. The van der Waals surface area contributed by atoms with Gasteiger partial charge in [-0.3, -0.25) is 4.79 Å². The van der Waals surface area contributed by atoms with Crippen LogP contribution in [0.4, 0.5) is 4.79 Å². The third kappa shape index (κ3) is 2.58. The molecule has 0 radical (unpaired) electrons. The molecular formula is C10H15N3O4S. The summed E-state index contributed by atoms with van der Waals surface area (Å²) < 4.78 is 0. The van der Waals surface area contributed by atoms with E-state index in [9.17, 15) is 14.5 Å². The van der Waals surface area contributed by atoms with Crippen molar-refractivity contribution in [3.63, 3.8) is 0 Å². The number of thioether (sulfide) groups is 1. The Labute approximate surface area is 108 Å². The highest BCUT2D eigenvalue weighted by atomic mass is 32.2. The summed E-state index contributed by atoms with van der Waals surface area (Å²) in [6.45, 7) is 0. The average molecular weight is 273 g/mol. The van der Waals surface area contributed by atoms with E-state index in [1.54, 1.807) is 11.8 Å². The lowest BCUT2D eigenvalue weighted by Gasteiger charge is -2.16. The van der Waals surface area contributed by atoms with Crippen molar-refractivity contribution in [2.45, 2.75) is 43.0 Å². The van der Waals surface area contributed by atoms with E-state index in [1.165, 1.54) is 0 Å². The Kier molecular flexibility index (Phi) is 4.05. The fourth-order valence-electron chi connectivity index (χ4n) is 2.43. The second-order valence-electron chi connectivity index (χ2n) is 4.48. The minimum Gasteiger partial charge on any atom is -0.481 e. The number of urea groups is 1. The Morgan fingerprint density at radius 3 is 3.00 bits per heavy atom. The molecule has 0 spiro atoms. The number of carboxylic acids is 1. The van der Waals surface area contributed by atoms with Crippen LogP contribution in [0.25, 0.3) is 0 Å². The number of rotatable bonds is 6. The fourth-order valence-corrected chi connectivity index (χ4v) is 4.01. The summed E-state index contributed by atoms with van der Waals surface area (Å²) >= 11 is 1.71. The zero-order chi connectivity index (χ0) is 13.1. The zero-order valence-electron chi connectivity index (χ0n) is 9.74. The molecule has 2 N–H and O–H groups in total. The van der Waals surface area contributed by atoms with Gasteiger partial charge in [-0.15, -0.1) is 4.91 Å². The highest BCUT2D eigenvalue weighted by molar-refractivity contribution is 8.00. The number of amides is 2. The van der Waals surface area contributed by atoms with Crippen molar-refractivity contribution < 1.29 is 14.7 Å². The zero-order valence-corrected chi connectivity index (χ0v) is 10.6. The molecule has 2 aliphatic heterocycles. The van der Waals surface area contributed by atoms with Crippen LogP contribution in [0.15, 0.2) is 5.29 Å². The van der Waals surface area contributed by atoms with Gasteiger partial charge in [0, 0.05) is 17.4 Å². The molecule has 2 amide bonds. The van der Waals surface area contributed by atoms with E-state index in [0.29, 0.717) is 12.2 Å². The van der Waals surface area contributed by atoms with Crippen molar-refractivity contribution in [1.29, 1.82) is 0 Å². The molecule has 0 aromatic heterocycles. The van der Waals surface area contributed by atoms with Gasteiger partial charge in [0.25, 0.3) is 0 Å². The monoisotopic (exact) mass is 273 g/mol. The Balaban J connectivity index is 1.81. The van der Waals surface area contributed by atoms with Crippen molar-refractivity contribution in [1.82, 2.24) is 10.3 Å². The number of hydrogen-bond acceptors (Lipinski definition) is 5. The maximum absolute atomic E-state index is 11.4. The molecule has 2 saturated heterocycles. The van der Waals surface area contributed by atoms with Crippen molar-refractivity contribution in [2.24, 2.45) is 5.29 Å². The normalized spacial score (nSPS) is 30.1. The molecule has 18 heavy (non-hydrogen) atoms. The van der Waals surface area contributed by atoms with Crippen LogP contribution in [-0.4, -0.2) is 45.2 Å². The summed E-state index contributed by atoms with van der Waals surface area (Å²) in [7, 11) is 0. The van der Waals surface area contributed by atoms with Gasteiger partial charge in [-0.05, 0) is 12.8 Å². The minimum absolute atomic E-state index is 0.0370. The first-order chi connectivity index (χ1) is 8.63. The van der Waals surface area contributed by atoms with Crippen molar-refractivity contribution in [3.8, 4) is 0 Å². The number of nitrogens with zero attached hydrogens (tertiary/aromatic N) is 2. The van der Waals surface area contributed by atoms with E-state index in [-0.39, 0.29) is 23.8 Å². The van der Waals surface area contributed by atoms with Crippen molar-refractivity contribution in [2.75, 3.05) is 5.75 Å². The molecule has 8 heteroatoms. The number of fused-ring (bicyclic) bond motifs is 1. The van der Waals surface area contributed by atoms with Gasteiger partial charge in [0.1, 0.15) is 0 Å². The molecule has 0 aromatic rings. The first-order valence-electron chi connectivity index (χ1n) is 5.90. The molecular weight excluding hydrogens is 258 g/mol. The van der Waals surface area contributed by atoms with Gasteiger partial charge in [-0.1, -0.05) is 6.42 Å². The van der Waals surface area contributed by atoms with Crippen LogP contribution in [0.1, 0.15) is 25.7 Å². The van der Waals surface area contributed by atoms with Crippen LogP contribution in [0.5, 0.6) is 0 Å². The lowest BCUT2D eigenvalue weighted by molar-refractivity contribution is -0.137. The average Bonchev–Trinajstić information content (AvgIpc) is 2.82. The Morgan fingerprint density at radius 1 is 1.56 bits per heavy atom. The molecule has 0 unspecified atom stereocenters. The van der Waals surface area contributed by atoms with Gasteiger partial charge in [0.15, 0.2) is 0 Å². The summed E-state index contributed by atoms with van der Waals surface area (Å²) in [4.78, 5) is 32.3. The van der Waals surface area contributed by atoms with Gasteiger partial charge in [-0.2, -0.15) is 16.8 Å². The van der Waals surface area contributed by atoms with E-state index in [4.69, 9.17) is 5.11 Å². The number of carbonyl (C=O) groups excluding carboxylic acids is 1. The maximum Gasteiger partial charge on any atom is 0.341 e. The molecule has 2 heterocycles. The van der Waals surface area contributed by atoms with Crippen LogP contribution < -0.4 is 5.32 Å². The van der Waals surface area contributed by atoms with E-state index >= 15 is 0 Å². The number of carboxylic acid groups (broad SMARTS) is 1. The lowest BCUT2D eigenvalue weighted by Crippen LogP contribution is -2.36. The van der Waals surface area contributed by atoms with Crippen LogP contribution >= 0.6 is 11.8 Å². The highest BCUT2D eigenvalue weighted by Crippen LogP contribution is 2.36. The van der Waals surface area contributed by atoms with Crippen molar-refractivity contribution >= 4 is 23.8 Å². The molecule has 0 aliphatic carbocycles. The number of nitrogens with one attached hydrogen (secondary N) is 1. The molecule has 3 atom stereocenters. The largest absolute Gasteiger partial charge is 0.481 e. The molecule has 7 nitrogen and oxygen atoms in total. The summed E-state index contributed by atoms with van der Waals surface area (Å²) in [5, 5.41) is 15.3. The first-order valence-corrected chi connectivity index (χ1v) is 6.94. The second-order valence-corrected chi connectivity index (χ2v) is 5.75.